The van der Waals surface area contributed by atoms with Crippen molar-refractivity contribution in [2.75, 3.05) is 13.7 Å². The molecule has 2 aromatic heterocycles. The molecule has 3 heterocycles. The number of para-hydroxylation sites is 1. The molecule has 2 fully saturated rings. The molecule has 9 nitrogen and oxygen atoms in total. The number of hydrogen-bond donors (Lipinski definition) is 1. The third-order valence-corrected chi connectivity index (χ3v) is 8.81. The summed E-state index contributed by atoms with van der Waals surface area (Å²) in [6.45, 7) is 10.4. The number of piperidine rings is 1. The summed E-state index contributed by atoms with van der Waals surface area (Å²) in [6, 6.07) is 16.0. The van der Waals surface area contributed by atoms with Crippen LogP contribution in [0, 0.1) is 12.8 Å². The van der Waals surface area contributed by atoms with Crippen molar-refractivity contribution in [3.63, 3.8) is 0 Å². The number of imidazole rings is 1. The van der Waals surface area contributed by atoms with E-state index in [1.54, 1.807) is 7.11 Å². The number of nitrogens with zero attached hydrogens (tertiary/aromatic N) is 4. The van der Waals surface area contributed by atoms with Crippen LogP contribution in [0.5, 0.6) is 5.75 Å². The van der Waals surface area contributed by atoms with Gasteiger partial charge < -0.3 is 28.8 Å². The predicted molar refractivity (Wildman–Crippen MR) is 167 cm³/mol. The highest BCUT2D eigenvalue weighted by molar-refractivity contribution is 6.00. The average molecular weight is 584 g/mol. The monoisotopic (exact) mass is 583 g/mol. The molecule has 2 aromatic carbocycles. The van der Waals surface area contributed by atoms with Crippen molar-refractivity contribution >= 4 is 23.0 Å². The van der Waals surface area contributed by atoms with E-state index in [2.05, 4.69) is 46.5 Å². The fraction of sp³-hybridized carbons (Fsp3) is 0.441. The van der Waals surface area contributed by atoms with Crippen LogP contribution in [0.1, 0.15) is 62.3 Å². The molecule has 1 aliphatic heterocycles. The molecule has 1 saturated heterocycles. The van der Waals surface area contributed by atoms with E-state index in [9.17, 15) is 9.59 Å². The molecule has 2 bridgehead atoms. The fourth-order valence-electron chi connectivity index (χ4n) is 7.06. The van der Waals surface area contributed by atoms with Crippen molar-refractivity contribution in [3.8, 4) is 22.8 Å². The third-order valence-electron chi connectivity index (χ3n) is 8.81. The van der Waals surface area contributed by atoms with E-state index in [1.165, 1.54) is 5.69 Å². The third kappa shape index (κ3) is 5.04. The zero-order chi connectivity index (χ0) is 30.6. The Morgan fingerprint density at radius 3 is 2.51 bits per heavy atom. The predicted octanol–water partition coefficient (Wildman–Crippen LogP) is 6.04. The van der Waals surface area contributed by atoms with Gasteiger partial charge in [0.15, 0.2) is 0 Å². The normalized spacial score (nSPS) is 19.7. The van der Waals surface area contributed by atoms with Crippen molar-refractivity contribution in [1.82, 2.24) is 24.3 Å². The number of rotatable bonds is 6. The molecule has 2 aliphatic rings. The Balaban J connectivity index is 1.34. The van der Waals surface area contributed by atoms with E-state index in [1.807, 2.05) is 63.1 Å². The standard InChI is InChI=1S/C34H41N5O4/c1-8-26-24(16-20(2)39(26)23-12-10-9-11-13-23)31-35-25-17-22(18-28(42-7)30(25)37(31)6)32(40)38-19-21-14-15-27(38)29(21)36-33(41)43-34(3,4)5/h9-13,16-18,21,27,29H,8,14-15,19H2,1-7H3,(H,36,41)/t21-,27-,29-/m1/s1. The maximum Gasteiger partial charge on any atom is 0.407 e. The Kier molecular flexibility index (Phi) is 7.22. The number of nitrogens with one attached hydrogen (secondary N) is 1. The lowest BCUT2D eigenvalue weighted by Crippen LogP contribution is -2.46. The van der Waals surface area contributed by atoms with E-state index in [0.717, 1.165) is 47.5 Å². The highest BCUT2D eigenvalue weighted by Crippen LogP contribution is 2.40. The molecule has 43 heavy (non-hydrogen) atoms. The number of hydrogen-bond acceptors (Lipinski definition) is 5. The van der Waals surface area contributed by atoms with Crippen molar-refractivity contribution in [2.45, 2.75) is 71.6 Å². The summed E-state index contributed by atoms with van der Waals surface area (Å²) in [6.07, 6.45) is 2.22. The van der Waals surface area contributed by atoms with Crippen LogP contribution in [0.4, 0.5) is 4.79 Å². The first-order chi connectivity index (χ1) is 20.5. The molecule has 1 N–H and O–H groups in total. The first-order valence-electron chi connectivity index (χ1n) is 15.1. The molecule has 3 atom stereocenters. The van der Waals surface area contributed by atoms with Crippen LogP contribution < -0.4 is 10.1 Å². The highest BCUT2D eigenvalue weighted by atomic mass is 16.6. The number of aromatic nitrogens is 3. The van der Waals surface area contributed by atoms with Crippen LogP contribution in [0.15, 0.2) is 48.5 Å². The van der Waals surface area contributed by atoms with Gasteiger partial charge in [-0.3, -0.25) is 4.79 Å². The van der Waals surface area contributed by atoms with Gasteiger partial charge >= 0.3 is 6.09 Å². The summed E-state index contributed by atoms with van der Waals surface area (Å²) in [4.78, 5) is 33.5. The van der Waals surface area contributed by atoms with E-state index in [4.69, 9.17) is 14.5 Å². The first kappa shape index (κ1) is 28.8. The number of benzene rings is 2. The smallest absolute Gasteiger partial charge is 0.407 e. The number of alkyl carbamates (subject to hydrolysis) is 1. The summed E-state index contributed by atoms with van der Waals surface area (Å²) in [5.41, 5.74) is 5.99. The fourth-order valence-corrected chi connectivity index (χ4v) is 7.06. The molecule has 226 valence electrons. The molecular formula is C34H41N5O4. The number of likely N-dealkylation sites (tertiary alicyclic amines) is 1. The Labute approximate surface area is 252 Å². The Hall–Kier alpha value is -4.27. The number of amides is 2. The first-order valence-corrected chi connectivity index (χ1v) is 15.1. The summed E-state index contributed by atoms with van der Waals surface area (Å²) in [7, 11) is 3.62. The van der Waals surface area contributed by atoms with Crippen LogP contribution in [0.25, 0.3) is 28.1 Å². The number of carbonyl (C=O) groups is 2. The van der Waals surface area contributed by atoms with Crippen LogP contribution in [-0.2, 0) is 18.2 Å². The molecule has 0 radical (unpaired) electrons. The molecule has 4 aromatic rings. The lowest BCUT2D eigenvalue weighted by molar-refractivity contribution is 0.0485. The minimum Gasteiger partial charge on any atom is -0.494 e. The van der Waals surface area contributed by atoms with Crippen LogP contribution >= 0.6 is 0 Å². The Bertz CT molecular complexity index is 1700. The maximum absolute atomic E-state index is 14.0. The van der Waals surface area contributed by atoms with Gasteiger partial charge in [-0.05, 0) is 83.2 Å². The molecule has 0 unspecified atom stereocenters. The zero-order valence-electron chi connectivity index (χ0n) is 26.1. The second-order valence-electron chi connectivity index (χ2n) is 12.7. The minimum atomic E-state index is -0.578. The summed E-state index contributed by atoms with van der Waals surface area (Å²) in [5, 5.41) is 3.05. The van der Waals surface area contributed by atoms with Crippen molar-refractivity contribution in [2.24, 2.45) is 13.0 Å². The van der Waals surface area contributed by atoms with E-state index in [0.29, 0.717) is 23.4 Å². The van der Waals surface area contributed by atoms with Crippen molar-refractivity contribution < 1.29 is 19.1 Å². The van der Waals surface area contributed by atoms with Gasteiger partial charge in [-0.2, -0.15) is 0 Å². The SMILES string of the molecule is CCc1c(-c2nc3cc(C(=O)N4C[C@H]5CC[C@@H]4[C@@H]5NC(=O)OC(C)(C)C)cc(OC)c3n2C)cc(C)n1-c1ccccc1. The number of fused-ring (bicyclic) bond motifs is 3. The van der Waals surface area contributed by atoms with Crippen LogP contribution in [0.2, 0.25) is 0 Å². The van der Waals surface area contributed by atoms with Crippen LogP contribution in [0.3, 0.4) is 0 Å². The van der Waals surface area contributed by atoms with Crippen molar-refractivity contribution in [3.05, 3.63) is 65.5 Å². The molecule has 1 aliphatic carbocycles. The Morgan fingerprint density at radius 2 is 1.84 bits per heavy atom. The topological polar surface area (TPSA) is 90.6 Å². The summed E-state index contributed by atoms with van der Waals surface area (Å²) >= 11 is 0. The number of ether oxygens (including phenoxy) is 2. The number of carbonyl (C=O) groups excluding carboxylic acids is 2. The summed E-state index contributed by atoms with van der Waals surface area (Å²) in [5.74, 6) is 1.57. The zero-order valence-corrected chi connectivity index (χ0v) is 26.1. The average Bonchev–Trinajstić information content (AvgIpc) is 3.71. The van der Waals surface area contributed by atoms with E-state index in [-0.39, 0.29) is 23.9 Å². The van der Waals surface area contributed by atoms with Gasteiger partial charge in [0.25, 0.3) is 5.91 Å². The largest absolute Gasteiger partial charge is 0.494 e. The van der Waals surface area contributed by atoms with Gasteiger partial charge in [0.05, 0.1) is 24.7 Å². The molecule has 1 saturated carbocycles. The molecule has 0 spiro atoms. The summed E-state index contributed by atoms with van der Waals surface area (Å²) < 4.78 is 15.7. The molecule has 9 heteroatoms. The van der Waals surface area contributed by atoms with E-state index < -0.39 is 11.7 Å². The number of aryl methyl sites for hydroxylation is 2. The lowest BCUT2D eigenvalue weighted by Gasteiger charge is -2.28. The van der Waals surface area contributed by atoms with Crippen molar-refractivity contribution in [1.29, 1.82) is 0 Å². The number of methoxy groups -OCH3 is 1. The second-order valence-corrected chi connectivity index (χ2v) is 12.7. The molecule has 2 amide bonds. The van der Waals surface area contributed by atoms with Gasteiger partial charge in [0, 0.05) is 41.8 Å². The van der Waals surface area contributed by atoms with Crippen LogP contribution in [-0.4, -0.2) is 62.4 Å². The maximum atomic E-state index is 14.0. The van der Waals surface area contributed by atoms with Gasteiger partial charge in [0.2, 0.25) is 0 Å². The lowest BCUT2D eigenvalue weighted by atomic mass is 10.1. The van der Waals surface area contributed by atoms with Gasteiger partial charge in [0.1, 0.15) is 22.7 Å². The molecule has 6 rings (SSSR count). The quantitative estimate of drug-likeness (QED) is 0.299. The van der Waals surface area contributed by atoms with E-state index >= 15 is 0 Å². The molecular weight excluding hydrogens is 542 g/mol. The minimum absolute atomic E-state index is 0.0705. The van der Waals surface area contributed by atoms with Gasteiger partial charge in [-0.25, -0.2) is 9.78 Å². The second kappa shape index (κ2) is 10.8. The highest BCUT2D eigenvalue weighted by Gasteiger charge is 2.50. The Morgan fingerprint density at radius 1 is 1.09 bits per heavy atom. The van der Waals surface area contributed by atoms with Gasteiger partial charge in [-0.15, -0.1) is 0 Å². The van der Waals surface area contributed by atoms with Gasteiger partial charge in [-0.1, -0.05) is 25.1 Å².